The van der Waals surface area contributed by atoms with Gasteiger partial charge < -0.3 is 9.64 Å². The molecule has 1 aliphatic heterocycles. The standard InChI is InChI=1S/C15H13BrClN3O2/c16-10-1-2-13(17)12(7-10)15(21)20-6-3-11(9-20)22-14-8-18-4-5-19-14/h1-2,4-5,7-8,11H,3,6,9H2. The second-order valence-corrected chi connectivity index (χ2v) is 6.27. The number of carbonyl (C=O) groups is 1. The van der Waals surface area contributed by atoms with E-state index in [4.69, 9.17) is 16.3 Å². The van der Waals surface area contributed by atoms with Gasteiger partial charge in [0.15, 0.2) is 0 Å². The molecule has 1 atom stereocenters. The minimum absolute atomic E-state index is 0.0772. The van der Waals surface area contributed by atoms with Crippen LogP contribution in [0.25, 0.3) is 0 Å². The zero-order valence-corrected chi connectivity index (χ0v) is 13.9. The van der Waals surface area contributed by atoms with E-state index in [1.54, 1.807) is 35.6 Å². The highest BCUT2D eigenvalue weighted by Gasteiger charge is 2.29. The van der Waals surface area contributed by atoms with Crippen LogP contribution in [0.3, 0.4) is 0 Å². The van der Waals surface area contributed by atoms with Gasteiger partial charge >= 0.3 is 0 Å². The van der Waals surface area contributed by atoms with Gasteiger partial charge in [0.2, 0.25) is 5.88 Å². The number of ether oxygens (including phenoxy) is 1. The van der Waals surface area contributed by atoms with Crippen molar-refractivity contribution in [2.75, 3.05) is 13.1 Å². The highest BCUT2D eigenvalue weighted by molar-refractivity contribution is 9.10. The molecule has 0 bridgehead atoms. The molecule has 0 radical (unpaired) electrons. The van der Waals surface area contributed by atoms with Crippen molar-refractivity contribution in [3.8, 4) is 5.88 Å². The molecule has 0 saturated carbocycles. The summed E-state index contributed by atoms with van der Waals surface area (Å²) in [6.07, 6.45) is 5.41. The van der Waals surface area contributed by atoms with Crippen LogP contribution in [0, 0.1) is 0 Å². The van der Waals surface area contributed by atoms with Crippen molar-refractivity contribution in [1.82, 2.24) is 14.9 Å². The number of carbonyl (C=O) groups excluding carboxylic acids is 1. The van der Waals surface area contributed by atoms with Crippen LogP contribution >= 0.6 is 27.5 Å². The quantitative estimate of drug-likeness (QED) is 0.818. The monoisotopic (exact) mass is 381 g/mol. The van der Waals surface area contributed by atoms with E-state index < -0.39 is 0 Å². The molecular formula is C15H13BrClN3O2. The van der Waals surface area contributed by atoms with Crippen molar-refractivity contribution >= 4 is 33.4 Å². The molecule has 1 aromatic carbocycles. The first-order valence-electron chi connectivity index (χ1n) is 6.80. The third kappa shape index (κ3) is 3.39. The number of nitrogens with zero attached hydrogens (tertiary/aromatic N) is 3. The van der Waals surface area contributed by atoms with E-state index in [0.29, 0.717) is 29.6 Å². The number of amides is 1. The molecule has 0 spiro atoms. The molecule has 3 rings (SSSR count). The van der Waals surface area contributed by atoms with Crippen LogP contribution in [0.5, 0.6) is 5.88 Å². The summed E-state index contributed by atoms with van der Waals surface area (Å²) in [4.78, 5) is 22.3. The molecule has 7 heteroatoms. The molecule has 1 saturated heterocycles. The smallest absolute Gasteiger partial charge is 0.255 e. The Morgan fingerprint density at radius 2 is 2.27 bits per heavy atom. The lowest BCUT2D eigenvalue weighted by Gasteiger charge is -2.17. The van der Waals surface area contributed by atoms with E-state index in [-0.39, 0.29) is 12.0 Å². The first kappa shape index (κ1) is 15.2. The van der Waals surface area contributed by atoms with Crippen LogP contribution in [0.1, 0.15) is 16.8 Å². The lowest BCUT2D eigenvalue weighted by Crippen LogP contribution is -2.31. The summed E-state index contributed by atoms with van der Waals surface area (Å²) in [7, 11) is 0. The van der Waals surface area contributed by atoms with Crippen LogP contribution in [0.15, 0.2) is 41.3 Å². The maximum atomic E-state index is 12.6. The lowest BCUT2D eigenvalue weighted by atomic mass is 10.2. The topological polar surface area (TPSA) is 55.3 Å². The third-order valence-corrected chi connectivity index (χ3v) is 4.24. The Hall–Kier alpha value is -1.66. The predicted molar refractivity (Wildman–Crippen MR) is 86.1 cm³/mol. The second-order valence-electron chi connectivity index (χ2n) is 4.95. The van der Waals surface area contributed by atoms with Crippen molar-refractivity contribution < 1.29 is 9.53 Å². The average Bonchev–Trinajstić information content (AvgIpc) is 2.98. The Bertz CT molecular complexity index is 684. The van der Waals surface area contributed by atoms with Crippen LogP contribution in [-0.4, -0.2) is 40.0 Å². The molecule has 1 unspecified atom stereocenters. The number of rotatable bonds is 3. The van der Waals surface area contributed by atoms with Gasteiger partial charge in [0.05, 0.1) is 23.3 Å². The zero-order valence-electron chi connectivity index (χ0n) is 11.6. The molecule has 1 aromatic heterocycles. The number of benzene rings is 1. The van der Waals surface area contributed by atoms with Crippen molar-refractivity contribution in [2.45, 2.75) is 12.5 Å². The van der Waals surface area contributed by atoms with Crippen molar-refractivity contribution in [3.63, 3.8) is 0 Å². The van der Waals surface area contributed by atoms with E-state index in [9.17, 15) is 4.79 Å². The third-order valence-electron chi connectivity index (χ3n) is 3.42. The molecule has 114 valence electrons. The van der Waals surface area contributed by atoms with Gasteiger partial charge in [-0.1, -0.05) is 27.5 Å². The van der Waals surface area contributed by atoms with Crippen LogP contribution in [-0.2, 0) is 0 Å². The van der Waals surface area contributed by atoms with Gasteiger partial charge in [-0.25, -0.2) is 4.98 Å². The lowest BCUT2D eigenvalue weighted by molar-refractivity contribution is 0.0771. The fraction of sp³-hybridized carbons (Fsp3) is 0.267. The largest absolute Gasteiger partial charge is 0.471 e. The van der Waals surface area contributed by atoms with Gasteiger partial charge in [-0.2, -0.15) is 0 Å². The Morgan fingerprint density at radius 3 is 3.05 bits per heavy atom. The SMILES string of the molecule is O=C(c1cc(Br)ccc1Cl)N1CCC(Oc2cnccn2)C1. The van der Waals surface area contributed by atoms with Gasteiger partial charge in [-0.15, -0.1) is 0 Å². The molecule has 1 amide bonds. The Labute approximate surface area is 141 Å². The normalized spacial score (nSPS) is 17.5. The summed E-state index contributed by atoms with van der Waals surface area (Å²) < 4.78 is 6.56. The summed E-state index contributed by atoms with van der Waals surface area (Å²) in [5, 5.41) is 0.450. The van der Waals surface area contributed by atoms with E-state index in [0.717, 1.165) is 10.9 Å². The van der Waals surface area contributed by atoms with Gasteiger partial charge in [0, 0.05) is 29.8 Å². The highest BCUT2D eigenvalue weighted by Crippen LogP contribution is 2.24. The Morgan fingerprint density at radius 1 is 1.41 bits per heavy atom. The molecule has 0 N–H and O–H groups in total. The van der Waals surface area contributed by atoms with Crippen LogP contribution < -0.4 is 4.74 Å². The molecular weight excluding hydrogens is 370 g/mol. The van der Waals surface area contributed by atoms with E-state index in [1.807, 2.05) is 6.07 Å². The van der Waals surface area contributed by atoms with E-state index in [1.165, 1.54) is 0 Å². The summed E-state index contributed by atoms with van der Waals surface area (Å²) in [6, 6.07) is 5.26. The molecule has 2 heterocycles. The summed E-state index contributed by atoms with van der Waals surface area (Å²) >= 11 is 9.48. The first-order chi connectivity index (χ1) is 10.6. The summed E-state index contributed by atoms with van der Waals surface area (Å²) in [5.41, 5.74) is 0.496. The maximum Gasteiger partial charge on any atom is 0.255 e. The maximum absolute atomic E-state index is 12.6. The van der Waals surface area contributed by atoms with Crippen LogP contribution in [0.4, 0.5) is 0 Å². The second kappa shape index (κ2) is 6.62. The molecule has 1 aliphatic rings. The van der Waals surface area contributed by atoms with Gasteiger partial charge in [0.1, 0.15) is 6.10 Å². The molecule has 5 nitrogen and oxygen atoms in total. The number of hydrogen-bond donors (Lipinski definition) is 0. The molecule has 2 aromatic rings. The molecule has 0 aliphatic carbocycles. The Kier molecular flexibility index (Phi) is 4.59. The van der Waals surface area contributed by atoms with Crippen molar-refractivity contribution in [3.05, 3.63) is 51.8 Å². The van der Waals surface area contributed by atoms with E-state index in [2.05, 4.69) is 25.9 Å². The number of aromatic nitrogens is 2. The fourth-order valence-electron chi connectivity index (χ4n) is 2.36. The number of halogens is 2. The van der Waals surface area contributed by atoms with Gasteiger partial charge in [-0.3, -0.25) is 9.78 Å². The highest BCUT2D eigenvalue weighted by atomic mass is 79.9. The summed E-state index contributed by atoms with van der Waals surface area (Å²) in [5.74, 6) is 0.388. The molecule has 1 fully saturated rings. The zero-order chi connectivity index (χ0) is 15.5. The molecule has 22 heavy (non-hydrogen) atoms. The number of likely N-dealkylation sites (tertiary alicyclic amines) is 1. The summed E-state index contributed by atoms with van der Waals surface area (Å²) in [6.45, 7) is 1.14. The minimum atomic E-state index is -0.0865. The first-order valence-corrected chi connectivity index (χ1v) is 7.97. The van der Waals surface area contributed by atoms with Gasteiger partial charge in [-0.05, 0) is 18.2 Å². The average molecular weight is 383 g/mol. The predicted octanol–water partition coefficient (Wildman–Crippen LogP) is 3.19. The fourth-order valence-corrected chi connectivity index (χ4v) is 2.92. The van der Waals surface area contributed by atoms with Crippen molar-refractivity contribution in [1.29, 1.82) is 0 Å². The Balaban J connectivity index is 1.67. The van der Waals surface area contributed by atoms with E-state index >= 15 is 0 Å². The minimum Gasteiger partial charge on any atom is -0.471 e. The van der Waals surface area contributed by atoms with Crippen molar-refractivity contribution in [2.24, 2.45) is 0 Å². The number of hydrogen-bond acceptors (Lipinski definition) is 4. The van der Waals surface area contributed by atoms with Gasteiger partial charge in [0.25, 0.3) is 5.91 Å². The van der Waals surface area contributed by atoms with Crippen LogP contribution in [0.2, 0.25) is 5.02 Å².